The van der Waals surface area contributed by atoms with Gasteiger partial charge in [0.05, 0.1) is 0 Å². The fraction of sp³-hybridized carbons (Fsp3) is 0.667. The second-order valence-electron chi connectivity index (χ2n) is 14.8. The van der Waals surface area contributed by atoms with Crippen LogP contribution in [0.1, 0.15) is 205 Å². The van der Waals surface area contributed by atoms with Gasteiger partial charge in [-0.25, -0.2) is 4.70 Å². The summed E-state index contributed by atoms with van der Waals surface area (Å²) in [6, 6.07) is 18.1. The van der Waals surface area contributed by atoms with E-state index in [1.807, 2.05) is 14.4 Å². The molecule has 51 heavy (non-hydrogen) atoms. The summed E-state index contributed by atoms with van der Waals surface area (Å²) in [6.45, 7) is 13.6. The number of aryl methyl sites for hydroxylation is 2. The summed E-state index contributed by atoms with van der Waals surface area (Å²) < 4.78 is 1.57. The number of nitrogens with zero attached hydrogens (tertiary/aromatic N) is 2. The third kappa shape index (κ3) is 17.6. The minimum atomic E-state index is 1.02. The summed E-state index contributed by atoms with van der Waals surface area (Å²) in [5.74, 6) is 0. The molecule has 0 saturated heterocycles. The molecule has 1 aliphatic rings. The summed E-state index contributed by atoms with van der Waals surface area (Å²) >= 11 is 1.94. The van der Waals surface area contributed by atoms with Gasteiger partial charge in [0, 0.05) is 22.3 Å². The van der Waals surface area contributed by atoms with Crippen molar-refractivity contribution < 1.29 is 19.1 Å². The summed E-state index contributed by atoms with van der Waals surface area (Å²) in [5, 5.41) is 2.78. The Hall–Kier alpha value is -1.99. The van der Waals surface area contributed by atoms with E-state index in [2.05, 4.69) is 90.1 Å². The van der Waals surface area contributed by atoms with Crippen LogP contribution in [0.2, 0.25) is 10.8 Å². The quantitative estimate of drug-likeness (QED) is 0.0471. The Kier molecular flexibility index (Phi) is 26.1. The van der Waals surface area contributed by atoms with Crippen LogP contribution in [0.4, 0.5) is 0 Å². The maximum absolute atomic E-state index is 12.0. The van der Waals surface area contributed by atoms with E-state index in [0.29, 0.717) is 0 Å². The van der Waals surface area contributed by atoms with Crippen LogP contribution in [0, 0.1) is 0 Å². The number of allylic oxidation sites excluding steroid dienone is 2. The molecule has 0 bridgehead atoms. The van der Waals surface area contributed by atoms with Gasteiger partial charge in [-0.05, 0) is 86.8 Å². The molecule has 0 radical (unpaired) electrons. The van der Waals surface area contributed by atoms with Crippen molar-refractivity contribution in [1.82, 2.24) is 0 Å². The van der Waals surface area contributed by atoms with Crippen molar-refractivity contribution in [2.45, 2.75) is 206 Å². The van der Waals surface area contributed by atoms with Crippen molar-refractivity contribution in [2.24, 2.45) is 0 Å². The Morgan fingerprint density at radius 2 is 0.725 bits per heavy atom. The molecule has 3 rings (SSSR count). The van der Waals surface area contributed by atoms with Gasteiger partial charge < -0.3 is 5.53 Å². The summed E-state index contributed by atoms with van der Waals surface area (Å²) in [6.07, 6.45) is 30.2. The molecular weight excluding hydrogens is 663 g/mol. The van der Waals surface area contributed by atoms with Crippen LogP contribution in [-0.2, 0) is 27.3 Å². The minimum absolute atomic E-state index is 1.02. The number of rotatable bonds is 28. The molecule has 2 nitrogen and oxygen atoms in total. The van der Waals surface area contributed by atoms with Gasteiger partial charge in [-0.3, -0.25) is 0 Å². The van der Waals surface area contributed by atoms with E-state index in [-0.39, 0.29) is 0 Å². The van der Waals surface area contributed by atoms with E-state index in [9.17, 15) is 5.53 Å². The number of hydrogen-bond acceptors (Lipinski definition) is 0. The molecular formula is C48H78N2Ni. The first-order valence-electron chi connectivity index (χ1n) is 21.6. The zero-order chi connectivity index (χ0) is 36.9. The summed E-state index contributed by atoms with van der Waals surface area (Å²) in [7, 11) is 0. The molecule has 0 unspecified atom stereocenters. The van der Waals surface area contributed by atoms with Gasteiger partial charge in [-0.2, -0.15) is 0 Å². The van der Waals surface area contributed by atoms with Crippen molar-refractivity contribution in [3.05, 3.63) is 87.5 Å². The Balaban J connectivity index is 0.000000880. The van der Waals surface area contributed by atoms with Crippen LogP contribution in [0.15, 0.2) is 59.7 Å². The van der Waals surface area contributed by atoms with E-state index >= 15 is 0 Å². The predicted molar refractivity (Wildman–Crippen MR) is 223 cm³/mol. The van der Waals surface area contributed by atoms with Crippen molar-refractivity contribution in [3.63, 3.8) is 0 Å². The standard InChI is InChI=1S/C40H60N2.2C4H9.Ni/c1-5-9-13-15-17-19-23-37-38(24-20-18-16-14-10-6-2)40(36-31-27-34(28-32-36)22-12-8-4)42(41)39(37)35-29-25-33(26-30-35)21-11-7-3;2*1-3-4-2;/h25-32H,5-24H2,1-4H3;2*1,3-4H2,2H3;. The van der Waals surface area contributed by atoms with Crippen LogP contribution >= 0.6 is 0 Å². The van der Waals surface area contributed by atoms with E-state index in [0.717, 1.165) is 48.2 Å². The molecule has 0 spiro atoms. The Bertz CT molecular complexity index is 1140. The summed E-state index contributed by atoms with van der Waals surface area (Å²) in [4.78, 5) is 0. The van der Waals surface area contributed by atoms with Crippen LogP contribution in [0.3, 0.4) is 0 Å². The molecule has 0 aromatic heterocycles. The van der Waals surface area contributed by atoms with Crippen molar-refractivity contribution in [1.29, 1.82) is 0 Å². The summed E-state index contributed by atoms with van der Waals surface area (Å²) in [5.41, 5.74) is 21.9. The van der Waals surface area contributed by atoms with Crippen LogP contribution in [0.5, 0.6) is 0 Å². The third-order valence-corrected chi connectivity index (χ3v) is 11.6. The molecule has 1 heterocycles. The van der Waals surface area contributed by atoms with E-state index in [1.165, 1.54) is 161 Å². The average Bonchev–Trinajstić information content (AvgIpc) is 3.43. The molecule has 0 N–H and O–H groups in total. The third-order valence-electron chi connectivity index (χ3n) is 10.2. The normalized spacial score (nSPS) is 13.0. The Morgan fingerprint density at radius 1 is 0.392 bits per heavy atom. The molecule has 2 aromatic rings. The topological polar surface area (TPSA) is 25.3 Å². The fourth-order valence-electron chi connectivity index (χ4n) is 6.83. The van der Waals surface area contributed by atoms with Gasteiger partial charge in [0.15, 0.2) is 0 Å². The molecule has 0 saturated carbocycles. The Morgan fingerprint density at radius 3 is 1.08 bits per heavy atom. The molecule has 2 aromatic carbocycles. The Labute approximate surface area is 323 Å². The van der Waals surface area contributed by atoms with Crippen molar-refractivity contribution in [3.8, 4) is 0 Å². The van der Waals surface area contributed by atoms with Crippen molar-refractivity contribution in [2.75, 3.05) is 0 Å². The maximum atomic E-state index is 12.0. The monoisotopic (exact) mass is 741 g/mol. The molecule has 1 aliphatic heterocycles. The first-order valence-corrected chi connectivity index (χ1v) is 23.0. The van der Waals surface area contributed by atoms with Crippen LogP contribution < -0.4 is 0 Å². The van der Waals surface area contributed by atoms with Gasteiger partial charge >= 0.3 is 64.8 Å². The molecule has 3 heteroatoms. The van der Waals surface area contributed by atoms with E-state index in [1.54, 1.807) is 4.70 Å². The second-order valence-corrected chi connectivity index (χ2v) is 16.3. The molecule has 0 fully saturated rings. The molecule has 0 amide bonds. The van der Waals surface area contributed by atoms with E-state index in [4.69, 9.17) is 0 Å². The first-order chi connectivity index (χ1) is 25.1. The van der Waals surface area contributed by atoms with E-state index < -0.39 is 0 Å². The van der Waals surface area contributed by atoms with Gasteiger partial charge in [0.25, 0.3) is 0 Å². The molecule has 0 atom stereocenters. The number of unbranched alkanes of at least 4 members (excludes halogenated alkanes) is 14. The van der Waals surface area contributed by atoms with Crippen LogP contribution in [0.25, 0.3) is 16.9 Å². The molecule has 290 valence electrons. The SMILES string of the molecule is CCCCCCCCC1=C(c2ccc(CCCC)cc2)[N+](=[N-])C(c2ccc(CCCC)cc2)=C1CCCCCCCC.CCC[CH2][Ni][CH2]CCC. The number of hydrogen-bond donors (Lipinski definition) is 0. The van der Waals surface area contributed by atoms with Gasteiger partial charge in [0.1, 0.15) is 0 Å². The van der Waals surface area contributed by atoms with Crippen molar-refractivity contribution >= 4 is 11.4 Å². The molecule has 0 aliphatic carbocycles. The second kappa shape index (κ2) is 29.5. The van der Waals surface area contributed by atoms with Crippen LogP contribution in [-0.4, -0.2) is 4.70 Å². The zero-order valence-corrected chi connectivity index (χ0v) is 35.2. The average molecular weight is 742 g/mol. The fourth-order valence-corrected chi connectivity index (χ4v) is 8.27. The first kappa shape index (κ1) is 45.2. The van der Waals surface area contributed by atoms with Gasteiger partial charge in [-0.1, -0.05) is 129 Å². The van der Waals surface area contributed by atoms with Gasteiger partial charge in [0.2, 0.25) is 11.4 Å². The predicted octanol–water partition coefficient (Wildman–Crippen LogP) is 16.5. The zero-order valence-electron chi connectivity index (χ0n) is 34.2. The van der Waals surface area contributed by atoms with Gasteiger partial charge in [-0.15, -0.1) is 0 Å². The number of benzene rings is 2.